The van der Waals surface area contributed by atoms with E-state index < -0.39 is 5.97 Å². The molecule has 0 bridgehead atoms. The van der Waals surface area contributed by atoms with E-state index in [9.17, 15) is 9.59 Å². The number of esters is 1. The van der Waals surface area contributed by atoms with Gasteiger partial charge in [-0.05, 0) is 64.9 Å². The molecule has 0 aliphatic heterocycles. The Bertz CT molecular complexity index is 814. The fourth-order valence-electron chi connectivity index (χ4n) is 2.19. The second-order valence-corrected chi connectivity index (χ2v) is 6.44. The predicted molar refractivity (Wildman–Crippen MR) is 108 cm³/mol. The Balaban J connectivity index is 1.70. The summed E-state index contributed by atoms with van der Waals surface area (Å²) in [6, 6.07) is 9.06. The average Bonchev–Trinajstić information content (AvgIpc) is 3.09. The number of furan rings is 1. The first-order valence-corrected chi connectivity index (χ1v) is 9.17. The van der Waals surface area contributed by atoms with Crippen LogP contribution in [0, 0.1) is 3.77 Å². The van der Waals surface area contributed by atoms with Crippen molar-refractivity contribution in [1.29, 1.82) is 0 Å². The highest BCUT2D eigenvalue weighted by Gasteiger charge is 2.07. The Morgan fingerprint density at radius 3 is 2.59 bits per heavy atom. The molecule has 1 N–H and O–H groups in total. The van der Waals surface area contributed by atoms with Gasteiger partial charge in [-0.25, -0.2) is 4.79 Å². The van der Waals surface area contributed by atoms with Crippen LogP contribution >= 0.6 is 22.6 Å². The minimum Gasteiger partial charge on any atom is -0.493 e. The minimum atomic E-state index is -0.614. The van der Waals surface area contributed by atoms with Crippen LogP contribution in [0.25, 0.3) is 6.08 Å². The van der Waals surface area contributed by atoms with Crippen LogP contribution in [0.3, 0.4) is 0 Å². The predicted octanol–water partition coefficient (Wildman–Crippen LogP) is 2.82. The summed E-state index contributed by atoms with van der Waals surface area (Å²) in [4.78, 5) is 23.4. The minimum absolute atomic E-state index is 0.342. The molecule has 7 nitrogen and oxygen atoms in total. The van der Waals surface area contributed by atoms with Crippen molar-refractivity contribution in [1.82, 2.24) is 5.32 Å². The average molecular weight is 485 g/mol. The van der Waals surface area contributed by atoms with Crippen LogP contribution in [-0.4, -0.2) is 39.2 Å². The molecule has 0 saturated carbocycles. The number of nitrogens with one attached hydrogen (secondary N) is 1. The summed E-state index contributed by atoms with van der Waals surface area (Å²) in [5.41, 5.74) is 0.987. The van der Waals surface area contributed by atoms with Gasteiger partial charge in [0.1, 0.15) is 5.76 Å². The number of hydrogen-bond acceptors (Lipinski definition) is 6. The first kappa shape index (κ1) is 20.8. The van der Waals surface area contributed by atoms with E-state index in [4.69, 9.17) is 18.6 Å². The quantitative estimate of drug-likeness (QED) is 0.334. The Morgan fingerprint density at radius 1 is 1.15 bits per heavy atom. The molecule has 0 aliphatic carbocycles. The van der Waals surface area contributed by atoms with Crippen molar-refractivity contribution in [2.24, 2.45) is 0 Å². The molecule has 0 atom stereocenters. The lowest BCUT2D eigenvalue weighted by atomic mass is 10.1. The molecule has 0 radical (unpaired) electrons. The molecule has 1 aromatic heterocycles. The third kappa shape index (κ3) is 6.97. The van der Waals surface area contributed by atoms with Gasteiger partial charge in [0.2, 0.25) is 0 Å². The molecule has 1 aromatic carbocycles. The van der Waals surface area contributed by atoms with Crippen molar-refractivity contribution in [3.05, 3.63) is 51.5 Å². The van der Waals surface area contributed by atoms with Gasteiger partial charge >= 0.3 is 5.97 Å². The molecule has 8 heteroatoms. The number of hydrogen-bond donors (Lipinski definition) is 1. The van der Waals surface area contributed by atoms with Crippen molar-refractivity contribution in [2.75, 3.05) is 27.4 Å². The summed E-state index contributed by atoms with van der Waals surface area (Å²) in [5, 5.41) is 2.70. The van der Waals surface area contributed by atoms with Crippen LogP contribution in [0.5, 0.6) is 11.5 Å². The van der Waals surface area contributed by atoms with Gasteiger partial charge in [0.25, 0.3) is 5.91 Å². The summed E-state index contributed by atoms with van der Waals surface area (Å²) in [6.07, 6.45) is 3.31. The summed E-state index contributed by atoms with van der Waals surface area (Å²) in [7, 11) is 3.14. The van der Waals surface area contributed by atoms with Gasteiger partial charge in [-0.15, -0.1) is 0 Å². The fourth-order valence-corrected chi connectivity index (χ4v) is 2.62. The molecule has 0 saturated heterocycles. The number of benzene rings is 1. The Labute approximate surface area is 170 Å². The van der Waals surface area contributed by atoms with Crippen molar-refractivity contribution >= 4 is 40.5 Å². The van der Waals surface area contributed by atoms with Crippen LogP contribution in [0.2, 0.25) is 0 Å². The topological polar surface area (TPSA) is 87.0 Å². The molecular weight excluding hydrogens is 465 g/mol. The van der Waals surface area contributed by atoms with Crippen LogP contribution < -0.4 is 14.8 Å². The van der Waals surface area contributed by atoms with Crippen LogP contribution in [0.1, 0.15) is 11.3 Å². The summed E-state index contributed by atoms with van der Waals surface area (Å²) >= 11 is 2.02. The van der Waals surface area contributed by atoms with Gasteiger partial charge in [0.15, 0.2) is 21.9 Å². The van der Waals surface area contributed by atoms with E-state index in [1.807, 2.05) is 40.8 Å². The highest BCUT2D eigenvalue weighted by atomic mass is 127. The fraction of sp³-hybridized carbons (Fsp3) is 0.263. The molecule has 0 fully saturated rings. The molecule has 2 aromatic rings. The summed E-state index contributed by atoms with van der Waals surface area (Å²) in [5.74, 6) is 0.833. The van der Waals surface area contributed by atoms with Gasteiger partial charge in [-0.2, -0.15) is 0 Å². The van der Waals surface area contributed by atoms with E-state index in [0.717, 1.165) is 9.33 Å². The number of amides is 1. The Morgan fingerprint density at radius 2 is 1.93 bits per heavy atom. The zero-order valence-corrected chi connectivity index (χ0v) is 17.1. The van der Waals surface area contributed by atoms with E-state index in [1.54, 1.807) is 26.4 Å². The second kappa shape index (κ2) is 10.6. The van der Waals surface area contributed by atoms with Crippen LogP contribution in [-0.2, 0) is 20.7 Å². The second-order valence-electron chi connectivity index (χ2n) is 5.37. The molecule has 2 rings (SSSR count). The van der Waals surface area contributed by atoms with E-state index in [1.165, 1.54) is 12.2 Å². The van der Waals surface area contributed by atoms with E-state index >= 15 is 0 Å². The number of carbonyl (C=O) groups excluding carboxylic acids is 2. The summed E-state index contributed by atoms with van der Waals surface area (Å²) in [6.45, 7) is 0.0668. The molecule has 144 valence electrons. The Hall–Kier alpha value is -2.49. The first-order chi connectivity index (χ1) is 13.0. The molecule has 0 spiro atoms. The lowest BCUT2D eigenvalue weighted by Crippen LogP contribution is -2.30. The Kier molecular flexibility index (Phi) is 8.18. The van der Waals surface area contributed by atoms with Crippen molar-refractivity contribution < 1.29 is 28.2 Å². The first-order valence-electron chi connectivity index (χ1n) is 8.09. The number of halogens is 1. The smallest absolute Gasteiger partial charge is 0.331 e. The van der Waals surface area contributed by atoms with Gasteiger partial charge in [0, 0.05) is 12.6 Å². The van der Waals surface area contributed by atoms with Gasteiger partial charge in [-0.1, -0.05) is 6.07 Å². The van der Waals surface area contributed by atoms with E-state index in [-0.39, 0.29) is 12.5 Å². The normalized spacial score (nSPS) is 10.6. The van der Waals surface area contributed by atoms with E-state index in [2.05, 4.69) is 5.32 Å². The van der Waals surface area contributed by atoms with Crippen molar-refractivity contribution in [2.45, 2.75) is 6.42 Å². The third-order valence-electron chi connectivity index (χ3n) is 3.51. The summed E-state index contributed by atoms with van der Waals surface area (Å²) < 4.78 is 21.3. The molecule has 0 aliphatic rings. The zero-order valence-electron chi connectivity index (χ0n) is 15.0. The molecular formula is C19H20INO6. The molecule has 27 heavy (non-hydrogen) atoms. The highest BCUT2D eigenvalue weighted by Crippen LogP contribution is 2.27. The van der Waals surface area contributed by atoms with Crippen molar-refractivity contribution in [3.63, 3.8) is 0 Å². The van der Waals surface area contributed by atoms with Gasteiger partial charge < -0.3 is 23.9 Å². The standard InChI is InChI=1S/C19H20INO6/c1-24-15-6-3-13(11-16(15)25-2)9-10-21-18(22)12-26-19(23)8-5-14-4-7-17(20)27-14/h3-8,11H,9-10,12H2,1-2H3,(H,21,22)/b8-5+. The zero-order chi connectivity index (χ0) is 19.6. The SMILES string of the molecule is COc1ccc(CCNC(=O)COC(=O)/C=C/c2ccc(I)o2)cc1OC. The molecule has 1 heterocycles. The van der Waals surface area contributed by atoms with Gasteiger partial charge in [-0.3, -0.25) is 4.79 Å². The van der Waals surface area contributed by atoms with Crippen LogP contribution in [0.4, 0.5) is 0 Å². The van der Waals surface area contributed by atoms with Crippen LogP contribution in [0.15, 0.2) is 40.8 Å². The molecule has 0 unspecified atom stereocenters. The number of methoxy groups -OCH3 is 2. The van der Waals surface area contributed by atoms with Gasteiger partial charge in [0.05, 0.1) is 14.2 Å². The lowest BCUT2D eigenvalue weighted by molar-refractivity contribution is -0.143. The maximum atomic E-state index is 11.8. The monoisotopic (exact) mass is 485 g/mol. The lowest BCUT2D eigenvalue weighted by Gasteiger charge is -2.10. The maximum Gasteiger partial charge on any atom is 0.331 e. The molecule has 1 amide bonds. The van der Waals surface area contributed by atoms with Crippen molar-refractivity contribution in [3.8, 4) is 11.5 Å². The van der Waals surface area contributed by atoms with E-state index in [0.29, 0.717) is 30.2 Å². The number of carbonyl (C=O) groups is 2. The largest absolute Gasteiger partial charge is 0.493 e. The third-order valence-corrected chi connectivity index (χ3v) is 4.09. The maximum absolute atomic E-state index is 11.8. The number of ether oxygens (including phenoxy) is 3. The highest BCUT2D eigenvalue weighted by molar-refractivity contribution is 14.1. The number of rotatable bonds is 9.